The largest absolute Gasteiger partial charge is 0.307 e. The third-order valence-electron chi connectivity index (χ3n) is 14.8. The van der Waals surface area contributed by atoms with Crippen LogP contribution in [-0.2, 0) is 0 Å². The molecule has 0 spiro atoms. The molecule has 8 heteroatoms. The van der Waals surface area contributed by atoms with Gasteiger partial charge in [0.2, 0.25) is 0 Å². The fourth-order valence-corrected chi connectivity index (χ4v) is 15.2. The minimum Gasteiger partial charge on any atom is -0.307 e. The van der Waals surface area contributed by atoms with Crippen LogP contribution in [0.5, 0.6) is 0 Å². The topological polar surface area (TPSA) is 40.6 Å². The molecule has 5 nitrogen and oxygen atoms in total. The molecule has 10 aromatic carbocycles. The molecule has 324 valence electrons. The second-order valence-corrected chi connectivity index (χ2v) is 21.7. The van der Waals surface area contributed by atoms with Crippen LogP contribution >= 0.6 is 34.0 Å². The van der Waals surface area contributed by atoms with E-state index in [4.69, 9.17) is 9.97 Å². The van der Waals surface area contributed by atoms with Gasteiger partial charge in [-0.1, -0.05) is 115 Å². The summed E-state index contributed by atoms with van der Waals surface area (Å²) in [6, 6.07) is 73.7. The van der Waals surface area contributed by atoms with Crippen molar-refractivity contribution < 1.29 is 0 Å². The smallest absolute Gasteiger partial charge is 0.182 e. The van der Waals surface area contributed by atoms with Crippen molar-refractivity contribution >= 4 is 171 Å². The molecule has 0 saturated carbocycles. The Morgan fingerprint density at radius 2 is 0.629 bits per heavy atom. The lowest BCUT2D eigenvalue weighted by Crippen LogP contribution is -2.10. The molecule has 0 amide bonds. The summed E-state index contributed by atoms with van der Waals surface area (Å²) in [5, 5.41) is 14.8. The van der Waals surface area contributed by atoms with Gasteiger partial charge in [0.1, 0.15) is 5.52 Å². The van der Waals surface area contributed by atoms with Gasteiger partial charge in [-0.25, -0.2) is 9.97 Å². The standard InChI is InChI=1S/C62H33N5S3/c1-7-21-47-34(14-1)40-31-57-43(37-17-4-10-25-54(37)68-57)28-51(40)65(47)50-24-13-20-46-60(50)64-62(67-49-23-9-3-16-36(49)42-33-59-45(30-53(42)67)39-19-6-12-27-56(39)70-59)61(63-46)66-48-22-8-2-15-35(48)41-32-58-44(29-52(41)66)38-18-5-11-26-55(38)69-58/h1-33H. The lowest BCUT2D eigenvalue weighted by atomic mass is 10.1. The molecule has 0 N–H and O–H groups in total. The second kappa shape index (κ2) is 13.6. The van der Waals surface area contributed by atoms with Crippen molar-refractivity contribution in [3.05, 3.63) is 200 Å². The Kier molecular flexibility index (Phi) is 7.32. The van der Waals surface area contributed by atoms with Crippen LogP contribution in [0.25, 0.3) is 154 Å². The number of fused-ring (bicyclic) bond motifs is 19. The molecule has 0 fully saturated rings. The number of nitrogens with zero attached hydrogens (tertiary/aromatic N) is 5. The highest BCUT2D eigenvalue weighted by Crippen LogP contribution is 2.46. The van der Waals surface area contributed by atoms with Crippen molar-refractivity contribution in [2.45, 2.75) is 0 Å². The SMILES string of the molecule is c1cc(-n2c3ccccc3c3cc4sc5ccccc5c4cc32)c2nc(-n3c4ccccc4c4cc5sc6ccccc6c5cc43)c(-n3c4ccccc4c4cc5sc6ccccc6c5cc43)nc2c1. The number of hydrogen-bond donors (Lipinski definition) is 0. The summed E-state index contributed by atoms with van der Waals surface area (Å²) in [6.45, 7) is 0. The summed E-state index contributed by atoms with van der Waals surface area (Å²) < 4.78 is 14.9. The van der Waals surface area contributed by atoms with Crippen LogP contribution < -0.4 is 0 Å². The van der Waals surface area contributed by atoms with E-state index in [1.807, 2.05) is 34.0 Å². The van der Waals surface area contributed by atoms with Crippen molar-refractivity contribution in [2.75, 3.05) is 0 Å². The van der Waals surface area contributed by atoms with Gasteiger partial charge in [-0.3, -0.25) is 9.13 Å². The van der Waals surface area contributed by atoms with Gasteiger partial charge in [-0.05, 0) is 84.9 Å². The molecule has 7 aromatic heterocycles. The van der Waals surface area contributed by atoms with Crippen LogP contribution in [0.2, 0.25) is 0 Å². The summed E-state index contributed by atoms with van der Waals surface area (Å²) >= 11 is 5.58. The van der Waals surface area contributed by atoms with Gasteiger partial charge in [-0.2, -0.15) is 0 Å². The fraction of sp³-hybridized carbons (Fsp3) is 0. The molecule has 0 saturated heterocycles. The zero-order valence-electron chi connectivity index (χ0n) is 37.0. The first-order valence-electron chi connectivity index (χ1n) is 23.6. The van der Waals surface area contributed by atoms with Crippen LogP contribution in [0, 0.1) is 0 Å². The minimum absolute atomic E-state index is 0.773. The van der Waals surface area contributed by atoms with Gasteiger partial charge in [0, 0.05) is 92.8 Å². The first-order valence-corrected chi connectivity index (χ1v) is 26.0. The van der Waals surface area contributed by atoms with Gasteiger partial charge in [0.25, 0.3) is 0 Å². The number of hydrogen-bond acceptors (Lipinski definition) is 5. The van der Waals surface area contributed by atoms with E-state index in [0.717, 1.165) is 61.5 Å². The van der Waals surface area contributed by atoms with E-state index in [-0.39, 0.29) is 0 Å². The van der Waals surface area contributed by atoms with Crippen molar-refractivity contribution in [3.63, 3.8) is 0 Å². The molecule has 0 aliphatic heterocycles. The molecule has 17 rings (SSSR count). The number of thiophene rings is 3. The van der Waals surface area contributed by atoms with Crippen molar-refractivity contribution in [1.29, 1.82) is 0 Å². The first-order chi connectivity index (χ1) is 34.7. The maximum atomic E-state index is 6.06. The van der Waals surface area contributed by atoms with Crippen LogP contribution in [0.4, 0.5) is 0 Å². The van der Waals surface area contributed by atoms with Gasteiger partial charge < -0.3 is 4.57 Å². The summed E-state index contributed by atoms with van der Waals surface area (Å²) in [5.41, 5.74) is 9.30. The van der Waals surface area contributed by atoms with Gasteiger partial charge in [0.05, 0.1) is 44.3 Å². The van der Waals surface area contributed by atoms with Gasteiger partial charge in [0.15, 0.2) is 11.6 Å². The zero-order chi connectivity index (χ0) is 45.3. The van der Waals surface area contributed by atoms with Crippen LogP contribution in [0.15, 0.2) is 200 Å². The molecular weight excluding hydrogens is 911 g/mol. The van der Waals surface area contributed by atoms with E-state index >= 15 is 0 Å². The Balaban J connectivity index is 1.05. The van der Waals surface area contributed by atoms with Crippen LogP contribution in [0.3, 0.4) is 0 Å². The van der Waals surface area contributed by atoms with E-state index in [1.54, 1.807) is 0 Å². The number of para-hydroxylation sites is 4. The number of aromatic nitrogens is 5. The van der Waals surface area contributed by atoms with Gasteiger partial charge >= 0.3 is 0 Å². The summed E-state index contributed by atoms with van der Waals surface area (Å²) in [7, 11) is 0. The average Bonchev–Trinajstić information content (AvgIpc) is 4.25. The van der Waals surface area contributed by atoms with Crippen LogP contribution in [-0.4, -0.2) is 23.7 Å². The molecule has 0 radical (unpaired) electrons. The summed E-state index contributed by atoms with van der Waals surface area (Å²) in [6.07, 6.45) is 0. The molecule has 7 heterocycles. The summed E-state index contributed by atoms with van der Waals surface area (Å²) in [4.78, 5) is 12.0. The highest BCUT2D eigenvalue weighted by Gasteiger charge is 2.26. The third-order valence-corrected chi connectivity index (χ3v) is 18.2. The lowest BCUT2D eigenvalue weighted by molar-refractivity contribution is 0.993. The molecule has 0 bridgehead atoms. The Bertz CT molecular complexity index is 5150. The molecule has 0 unspecified atom stereocenters. The van der Waals surface area contributed by atoms with E-state index in [1.165, 1.54) is 92.8 Å². The van der Waals surface area contributed by atoms with E-state index in [0.29, 0.717) is 0 Å². The normalized spacial score (nSPS) is 12.6. The first kappa shape index (κ1) is 37.6. The fourth-order valence-electron chi connectivity index (χ4n) is 11.8. The molecule has 0 atom stereocenters. The van der Waals surface area contributed by atoms with Gasteiger partial charge in [-0.15, -0.1) is 34.0 Å². The Labute approximate surface area is 409 Å². The predicted molar refractivity (Wildman–Crippen MR) is 301 cm³/mol. The summed E-state index contributed by atoms with van der Waals surface area (Å²) in [5.74, 6) is 1.55. The maximum Gasteiger partial charge on any atom is 0.182 e. The molecule has 0 aliphatic rings. The van der Waals surface area contributed by atoms with Crippen molar-refractivity contribution in [2.24, 2.45) is 0 Å². The Morgan fingerprint density at radius 1 is 0.257 bits per heavy atom. The maximum absolute atomic E-state index is 6.06. The average molecular weight is 944 g/mol. The Morgan fingerprint density at radius 3 is 1.09 bits per heavy atom. The zero-order valence-corrected chi connectivity index (χ0v) is 39.5. The molecule has 17 aromatic rings. The second-order valence-electron chi connectivity index (χ2n) is 18.5. The van der Waals surface area contributed by atoms with Crippen LogP contribution in [0.1, 0.15) is 0 Å². The third kappa shape index (κ3) is 4.94. The predicted octanol–water partition coefficient (Wildman–Crippen LogP) is 18.0. The molecule has 0 aliphatic carbocycles. The number of benzene rings is 10. The van der Waals surface area contributed by atoms with Crippen molar-refractivity contribution in [1.82, 2.24) is 23.7 Å². The molecular formula is C62H33N5S3. The number of rotatable bonds is 3. The molecule has 70 heavy (non-hydrogen) atoms. The quantitative estimate of drug-likeness (QED) is 0.177. The van der Waals surface area contributed by atoms with E-state index < -0.39 is 0 Å². The highest BCUT2D eigenvalue weighted by molar-refractivity contribution is 7.26. The van der Waals surface area contributed by atoms with Crippen molar-refractivity contribution in [3.8, 4) is 17.3 Å². The Hall–Kier alpha value is -8.40. The van der Waals surface area contributed by atoms with E-state index in [9.17, 15) is 0 Å². The lowest BCUT2D eigenvalue weighted by Gasteiger charge is -2.18. The highest BCUT2D eigenvalue weighted by atomic mass is 32.1. The monoisotopic (exact) mass is 943 g/mol. The van der Waals surface area contributed by atoms with E-state index in [2.05, 4.69) is 214 Å². The minimum atomic E-state index is 0.773.